The van der Waals surface area contributed by atoms with E-state index in [4.69, 9.17) is 4.74 Å². The molecular formula is C14H18O3. The highest BCUT2D eigenvalue weighted by atomic mass is 16.6. The second-order valence-electron chi connectivity index (χ2n) is 6.30. The van der Waals surface area contributed by atoms with Crippen molar-refractivity contribution in [3.8, 4) is 0 Å². The van der Waals surface area contributed by atoms with Crippen molar-refractivity contribution < 1.29 is 14.3 Å². The molecule has 2 fully saturated rings. The minimum atomic E-state index is -0.309. The molecule has 0 aromatic rings. The van der Waals surface area contributed by atoms with Crippen molar-refractivity contribution >= 4 is 11.9 Å². The van der Waals surface area contributed by atoms with Gasteiger partial charge in [0.1, 0.15) is 0 Å². The van der Waals surface area contributed by atoms with E-state index in [1.54, 1.807) is 0 Å². The Hall–Kier alpha value is -1.12. The van der Waals surface area contributed by atoms with Crippen LogP contribution in [0.3, 0.4) is 0 Å². The number of ether oxygens (including phenoxy) is 1. The highest BCUT2D eigenvalue weighted by molar-refractivity contribution is 5.98. The summed E-state index contributed by atoms with van der Waals surface area (Å²) in [4.78, 5) is 23.9. The first-order valence-electron chi connectivity index (χ1n) is 6.37. The van der Waals surface area contributed by atoms with Gasteiger partial charge in [-0.25, -0.2) is 0 Å². The van der Waals surface area contributed by atoms with Crippen LogP contribution in [-0.2, 0) is 14.3 Å². The van der Waals surface area contributed by atoms with E-state index in [-0.39, 0.29) is 34.6 Å². The number of rotatable bonds is 1. The number of cyclic esters (lactones) is 2. The Bertz CT molecular complexity index is 437. The quantitative estimate of drug-likeness (QED) is 0.397. The van der Waals surface area contributed by atoms with Crippen molar-refractivity contribution in [1.82, 2.24) is 0 Å². The average molecular weight is 234 g/mol. The summed E-state index contributed by atoms with van der Waals surface area (Å²) in [6, 6.07) is 0. The number of hydrogen-bond donors (Lipinski definition) is 0. The van der Waals surface area contributed by atoms with Gasteiger partial charge in [0.25, 0.3) is 0 Å². The van der Waals surface area contributed by atoms with Crippen molar-refractivity contribution in [2.45, 2.75) is 33.6 Å². The fourth-order valence-electron chi connectivity index (χ4n) is 4.03. The third-order valence-electron chi connectivity index (χ3n) is 5.28. The van der Waals surface area contributed by atoms with Gasteiger partial charge >= 0.3 is 11.9 Å². The van der Waals surface area contributed by atoms with E-state index in [1.165, 1.54) is 0 Å². The normalized spacial score (nSPS) is 47.5. The van der Waals surface area contributed by atoms with Crippen LogP contribution in [0.1, 0.15) is 33.6 Å². The predicted octanol–water partition coefficient (Wildman–Crippen LogP) is 2.31. The molecule has 1 heterocycles. The van der Waals surface area contributed by atoms with Crippen LogP contribution in [-0.4, -0.2) is 11.9 Å². The van der Waals surface area contributed by atoms with Crippen LogP contribution in [0.15, 0.2) is 12.2 Å². The van der Waals surface area contributed by atoms with Gasteiger partial charge in [-0.1, -0.05) is 32.9 Å². The van der Waals surface area contributed by atoms with Gasteiger partial charge in [0.2, 0.25) is 0 Å². The molecule has 17 heavy (non-hydrogen) atoms. The molecule has 0 amide bonds. The van der Waals surface area contributed by atoms with E-state index in [0.717, 1.165) is 12.8 Å². The van der Waals surface area contributed by atoms with Gasteiger partial charge in [0.05, 0.1) is 11.8 Å². The molecule has 0 N–H and O–H groups in total. The minimum Gasteiger partial charge on any atom is -0.393 e. The molecule has 4 atom stereocenters. The summed E-state index contributed by atoms with van der Waals surface area (Å²) >= 11 is 0. The summed E-state index contributed by atoms with van der Waals surface area (Å²) in [5.74, 6) is -0.759. The molecule has 1 aliphatic heterocycles. The Morgan fingerprint density at radius 2 is 1.82 bits per heavy atom. The molecule has 3 nitrogen and oxygen atoms in total. The Kier molecular flexibility index (Phi) is 1.94. The van der Waals surface area contributed by atoms with Gasteiger partial charge in [-0.05, 0) is 24.2 Å². The first-order valence-corrected chi connectivity index (χ1v) is 6.37. The topological polar surface area (TPSA) is 43.4 Å². The summed E-state index contributed by atoms with van der Waals surface area (Å²) in [5.41, 5.74) is -0.337. The first kappa shape index (κ1) is 11.0. The van der Waals surface area contributed by atoms with Crippen molar-refractivity contribution in [2.24, 2.45) is 28.6 Å². The maximum Gasteiger partial charge on any atom is 0.318 e. The zero-order valence-electron chi connectivity index (χ0n) is 10.5. The second kappa shape index (κ2) is 3.01. The number of carbonyl (C=O) groups is 2. The Morgan fingerprint density at radius 3 is 2.35 bits per heavy atom. The molecule has 92 valence electrons. The number of carbonyl (C=O) groups excluding carboxylic acids is 2. The summed E-state index contributed by atoms with van der Waals surface area (Å²) in [6.45, 7) is 6.33. The lowest BCUT2D eigenvalue weighted by Gasteiger charge is -2.54. The molecule has 1 saturated carbocycles. The van der Waals surface area contributed by atoms with Crippen LogP contribution in [0.4, 0.5) is 0 Å². The molecule has 1 saturated heterocycles. The van der Waals surface area contributed by atoms with Crippen molar-refractivity contribution in [1.29, 1.82) is 0 Å². The third kappa shape index (κ3) is 1.12. The van der Waals surface area contributed by atoms with Crippen molar-refractivity contribution in [3.63, 3.8) is 0 Å². The highest BCUT2D eigenvalue weighted by Crippen LogP contribution is 2.63. The lowest BCUT2D eigenvalue weighted by atomic mass is 9.46. The molecule has 2 bridgehead atoms. The van der Waals surface area contributed by atoms with Crippen LogP contribution in [0.25, 0.3) is 0 Å². The average Bonchev–Trinajstić information content (AvgIpc) is 2.58. The SMILES string of the molecule is CC(C)C12C=C[C@](C)(CC1)C1C(=O)OC(=O)C12. The van der Waals surface area contributed by atoms with Gasteiger partial charge in [-0.3, -0.25) is 9.59 Å². The van der Waals surface area contributed by atoms with E-state index in [2.05, 4.69) is 32.9 Å². The first-order chi connectivity index (χ1) is 7.91. The molecule has 0 aromatic carbocycles. The van der Waals surface area contributed by atoms with Gasteiger partial charge in [0, 0.05) is 5.41 Å². The smallest absolute Gasteiger partial charge is 0.318 e. The van der Waals surface area contributed by atoms with Crippen LogP contribution < -0.4 is 0 Å². The molecule has 0 aromatic heterocycles. The lowest BCUT2D eigenvalue weighted by Crippen LogP contribution is -2.53. The molecule has 4 rings (SSSR count). The zero-order chi connectivity index (χ0) is 12.4. The molecule has 4 aliphatic rings. The summed E-state index contributed by atoms with van der Waals surface area (Å²) in [7, 11) is 0. The molecule has 3 unspecified atom stereocenters. The fraction of sp³-hybridized carbons (Fsp3) is 0.714. The van der Waals surface area contributed by atoms with Crippen LogP contribution >= 0.6 is 0 Å². The molecule has 0 radical (unpaired) electrons. The van der Waals surface area contributed by atoms with Gasteiger partial charge in [-0.2, -0.15) is 0 Å². The Balaban J connectivity index is 2.18. The van der Waals surface area contributed by atoms with E-state index >= 15 is 0 Å². The monoisotopic (exact) mass is 234 g/mol. The van der Waals surface area contributed by atoms with Crippen LogP contribution in [0, 0.1) is 28.6 Å². The van der Waals surface area contributed by atoms with Gasteiger partial charge in [0.15, 0.2) is 0 Å². The molecule has 3 heteroatoms. The third-order valence-corrected chi connectivity index (χ3v) is 5.28. The highest BCUT2D eigenvalue weighted by Gasteiger charge is 2.66. The maximum atomic E-state index is 12.0. The number of fused-ring (bicyclic) bond motifs is 1. The largest absolute Gasteiger partial charge is 0.393 e. The minimum absolute atomic E-state index is 0.161. The zero-order valence-corrected chi connectivity index (χ0v) is 10.5. The van der Waals surface area contributed by atoms with E-state index in [1.807, 2.05) is 0 Å². The van der Waals surface area contributed by atoms with Crippen LogP contribution in [0.5, 0.6) is 0 Å². The molecule has 3 aliphatic carbocycles. The molecular weight excluding hydrogens is 216 g/mol. The standard InChI is InChI=1S/C14H18O3/c1-8(2)14-6-4-13(3,5-7-14)9-10(14)12(16)17-11(9)15/h4,6,8-10H,5,7H2,1-3H3/t9?,10?,13-,14?/m1/s1. The summed E-state index contributed by atoms with van der Waals surface area (Å²) in [5, 5.41) is 0. The summed E-state index contributed by atoms with van der Waals surface area (Å²) in [6.07, 6.45) is 6.30. The van der Waals surface area contributed by atoms with Gasteiger partial charge < -0.3 is 4.74 Å². The summed E-state index contributed by atoms with van der Waals surface area (Å²) < 4.78 is 4.91. The number of hydrogen-bond acceptors (Lipinski definition) is 3. The second-order valence-corrected chi connectivity index (χ2v) is 6.30. The van der Waals surface area contributed by atoms with Crippen LogP contribution in [0.2, 0.25) is 0 Å². The maximum absolute atomic E-state index is 12.0. The number of allylic oxidation sites excluding steroid dienone is 2. The predicted molar refractivity (Wildman–Crippen MR) is 61.8 cm³/mol. The lowest BCUT2D eigenvalue weighted by molar-refractivity contribution is -0.154. The Labute approximate surface area is 101 Å². The van der Waals surface area contributed by atoms with Crippen molar-refractivity contribution in [2.75, 3.05) is 0 Å². The number of esters is 2. The van der Waals surface area contributed by atoms with E-state index < -0.39 is 0 Å². The van der Waals surface area contributed by atoms with E-state index in [9.17, 15) is 9.59 Å². The van der Waals surface area contributed by atoms with Gasteiger partial charge in [-0.15, -0.1) is 0 Å². The van der Waals surface area contributed by atoms with Crippen molar-refractivity contribution in [3.05, 3.63) is 12.2 Å². The molecule has 0 spiro atoms. The fourth-order valence-corrected chi connectivity index (χ4v) is 4.03. The Morgan fingerprint density at radius 1 is 1.18 bits per heavy atom. The van der Waals surface area contributed by atoms with E-state index in [0.29, 0.717) is 5.92 Å².